The zero-order valence-electron chi connectivity index (χ0n) is 11.2. The first-order valence-electron chi connectivity index (χ1n) is 6.81. The zero-order valence-corrected chi connectivity index (χ0v) is 12.9. The van der Waals surface area contributed by atoms with Gasteiger partial charge in [0.05, 0.1) is 0 Å². The lowest BCUT2D eigenvalue weighted by Crippen LogP contribution is -2.06. The van der Waals surface area contributed by atoms with Gasteiger partial charge in [-0.3, -0.25) is 4.57 Å². The van der Waals surface area contributed by atoms with E-state index in [4.69, 9.17) is 4.98 Å². The van der Waals surface area contributed by atoms with Crippen molar-refractivity contribution in [1.29, 1.82) is 0 Å². The van der Waals surface area contributed by atoms with Crippen LogP contribution in [0, 0.1) is 6.92 Å². The number of hydrogen-bond acceptors (Lipinski definition) is 4. The van der Waals surface area contributed by atoms with Crippen LogP contribution in [-0.4, -0.2) is 26.0 Å². The van der Waals surface area contributed by atoms with Gasteiger partial charge in [0.15, 0.2) is 5.65 Å². The summed E-state index contributed by atoms with van der Waals surface area (Å²) in [6.45, 7) is 2.14. The lowest BCUT2D eigenvalue weighted by atomic mass is 10.1. The van der Waals surface area contributed by atoms with Crippen molar-refractivity contribution >= 4 is 34.3 Å². The van der Waals surface area contributed by atoms with Crippen LogP contribution in [0.2, 0.25) is 0 Å². The molecule has 20 heavy (non-hydrogen) atoms. The Balaban J connectivity index is 1.97. The number of pyridine rings is 1. The molecule has 1 fully saturated rings. The van der Waals surface area contributed by atoms with Crippen LogP contribution < -0.4 is 0 Å². The Bertz CT molecular complexity index is 753. The van der Waals surface area contributed by atoms with Gasteiger partial charge in [0.1, 0.15) is 16.3 Å². The molecule has 1 aliphatic heterocycles. The van der Waals surface area contributed by atoms with Crippen molar-refractivity contribution in [3.8, 4) is 5.00 Å². The molecule has 4 rings (SSSR count). The minimum atomic E-state index is 0.552. The molecule has 3 aromatic heterocycles. The molecule has 1 aliphatic rings. The number of fused-ring (bicyclic) bond motifs is 1. The van der Waals surface area contributed by atoms with E-state index in [1.54, 1.807) is 0 Å². The summed E-state index contributed by atoms with van der Waals surface area (Å²) >= 11 is 3.84. The van der Waals surface area contributed by atoms with Gasteiger partial charge in [-0.1, -0.05) is 0 Å². The number of imidazole rings is 1. The molecule has 0 N–H and O–H groups in total. The number of nitrogens with zero attached hydrogens (tertiary/aromatic N) is 3. The van der Waals surface area contributed by atoms with E-state index in [1.165, 1.54) is 33.6 Å². The Hall–Kier alpha value is -1.33. The lowest BCUT2D eigenvalue weighted by Gasteiger charge is -2.10. The van der Waals surface area contributed by atoms with Gasteiger partial charge in [-0.2, -0.15) is 11.8 Å². The van der Waals surface area contributed by atoms with Crippen molar-refractivity contribution < 1.29 is 0 Å². The van der Waals surface area contributed by atoms with E-state index in [1.807, 2.05) is 35.4 Å². The fraction of sp³-hybridized carbons (Fsp3) is 0.333. The predicted octanol–water partition coefficient (Wildman–Crippen LogP) is 4.01. The Kier molecular flexibility index (Phi) is 3.04. The van der Waals surface area contributed by atoms with Crippen molar-refractivity contribution in [1.82, 2.24) is 14.5 Å². The average molecular weight is 301 g/mol. The predicted molar refractivity (Wildman–Crippen MR) is 86.2 cm³/mol. The molecule has 1 atom stereocenters. The minimum absolute atomic E-state index is 0.552. The van der Waals surface area contributed by atoms with Crippen LogP contribution in [0.15, 0.2) is 30.5 Å². The maximum atomic E-state index is 4.87. The maximum absolute atomic E-state index is 4.87. The van der Waals surface area contributed by atoms with Crippen molar-refractivity contribution in [3.63, 3.8) is 0 Å². The molecule has 0 radical (unpaired) electrons. The number of hydrogen-bond donors (Lipinski definition) is 0. The smallest absolute Gasteiger partial charge is 0.165 e. The highest BCUT2D eigenvalue weighted by Gasteiger charge is 2.25. The van der Waals surface area contributed by atoms with Crippen LogP contribution in [0.25, 0.3) is 16.2 Å². The fourth-order valence-electron chi connectivity index (χ4n) is 2.70. The fourth-order valence-corrected chi connectivity index (χ4v) is 4.79. The number of thioether (sulfide) groups is 1. The molecule has 5 heteroatoms. The van der Waals surface area contributed by atoms with Crippen LogP contribution in [0.3, 0.4) is 0 Å². The standard InChI is InChI=1S/C15H15N3S2/c1-10-4-5-13(20-10)18-14(11-6-8-19-9-11)17-12-3-2-7-16-15(12)18/h2-5,7,11H,6,8-9H2,1H3. The largest absolute Gasteiger partial charge is 0.271 e. The monoisotopic (exact) mass is 301 g/mol. The van der Waals surface area contributed by atoms with Crippen molar-refractivity contribution in [2.24, 2.45) is 0 Å². The van der Waals surface area contributed by atoms with E-state index >= 15 is 0 Å². The number of aromatic nitrogens is 3. The molecule has 3 aromatic rings. The van der Waals surface area contributed by atoms with E-state index in [0.717, 1.165) is 11.2 Å². The highest BCUT2D eigenvalue weighted by atomic mass is 32.2. The Morgan fingerprint density at radius 2 is 2.25 bits per heavy atom. The van der Waals surface area contributed by atoms with E-state index in [2.05, 4.69) is 34.7 Å². The van der Waals surface area contributed by atoms with Crippen molar-refractivity contribution in [3.05, 3.63) is 41.2 Å². The van der Waals surface area contributed by atoms with Gasteiger partial charge in [0.2, 0.25) is 0 Å². The van der Waals surface area contributed by atoms with Crippen LogP contribution in [0.5, 0.6) is 0 Å². The van der Waals surface area contributed by atoms with Gasteiger partial charge >= 0.3 is 0 Å². The van der Waals surface area contributed by atoms with Gasteiger partial charge in [0, 0.05) is 22.7 Å². The van der Waals surface area contributed by atoms with E-state index in [0.29, 0.717) is 5.92 Å². The molecule has 0 amide bonds. The summed E-state index contributed by atoms with van der Waals surface area (Å²) in [5.41, 5.74) is 1.99. The first-order valence-corrected chi connectivity index (χ1v) is 8.78. The molecule has 1 unspecified atom stereocenters. The normalized spacial score (nSPS) is 18.9. The summed E-state index contributed by atoms with van der Waals surface area (Å²) < 4.78 is 2.27. The Labute approximate surface area is 126 Å². The van der Waals surface area contributed by atoms with Gasteiger partial charge < -0.3 is 0 Å². The van der Waals surface area contributed by atoms with E-state index < -0.39 is 0 Å². The number of aryl methyl sites for hydroxylation is 1. The summed E-state index contributed by atoms with van der Waals surface area (Å²) in [5, 5.41) is 1.23. The molecule has 3 nitrogen and oxygen atoms in total. The Morgan fingerprint density at radius 1 is 1.30 bits per heavy atom. The Morgan fingerprint density at radius 3 is 3.00 bits per heavy atom. The maximum Gasteiger partial charge on any atom is 0.165 e. The van der Waals surface area contributed by atoms with Crippen LogP contribution in [0.4, 0.5) is 0 Å². The van der Waals surface area contributed by atoms with Crippen LogP contribution >= 0.6 is 23.1 Å². The van der Waals surface area contributed by atoms with E-state index in [-0.39, 0.29) is 0 Å². The third-order valence-electron chi connectivity index (χ3n) is 3.68. The summed E-state index contributed by atoms with van der Waals surface area (Å²) in [7, 11) is 0. The molecule has 102 valence electrons. The highest BCUT2D eigenvalue weighted by molar-refractivity contribution is 7.99. The van der Waals surface area contributed by atoms with Crippen LogP contribution in [-0.2, 0) is 0 Å². The van der Waals surface area contributed by atoms with Gasteiger partial charge in [-0.25, -0.2) is 9.97 Å². The van der Waals surface area contributed by atoms with Gasteiger partial charge in [-0.05, 0) is 43.4 Å². The average Bonchev–Trinajstić information content (AvgIpc) is 3.16. The lowest BCUT2D eigenvalue weighted by molar-refractivity contribution is 0.707. The summed E-state index contributed by atoms with van der Waals surface area (Å²) in [6, 6.07) is 8.38. The molecule has 0 aliphatic carbocycles. The molecular formula is C15H15N3S2. The third kappa shape index (κ3) is 1.96. The van der Waals surface area contributed by atoms with Gasteiger partial charge in [0.25, 0.3) is 0 Å². The molecule has 4 heterocycles. The number of rotatable bonds is 2. The molecule has 0 bridgehead atoms. The molecule has 0 aromatic carbocycles. The topological polar surface area (TPSA) is 30.7 Å². The zero-order chi connectivity index (χ0) is 13.5. The van der Waals surface area contributed by atoms with Crippen molar-refractivity contribution in [2.45, 2.75) is 19.3 Å². The molecule has 0 spiro atoms. The van der Waals surface area contributed by atoms with Crippen LogP contribution in [0.1, 0.15) is 23.0 Å². The molecule has 1 saturated heterocycles. The molecular weight excluding hydrogens is 286 g/mol. The minimum Gasteiger partial charge on any atom is -0.271 e. The number of thiophene rings is 1. The van der Waals surface area contributed by atoms with E-state index in [9.17, 15) is 0 Å². The second-order valence-electron chi connectivity index (χ2n) is 5.10. The quantitative estimate of drug-likeness (QED) is 0.716. The second-order valence-corrected chi connectivity index (χ2v) is 7.51. The second kappa shape index (κ2) is 4.90. The van der Waals surface area contributed by atoms with Gasteiger partial charge in [-0.15, -0.1) is 11.3 Å². The summed E-state index contributed by atoms with van der Waals surface area (Å²) in [4.78, 5) is 10.8. The first kappa shape index (κ1) is 12.4. The first-order chi connectivity index (χ1) is 9.83. The summed E-state index contributed by atoms with van der Waals surface area (Å²) in [6.07, 6.45) is 3.08. The summed E-state index contributed by atoms with van der Waals surface area (Å²) in [5.74, 6) is 4.15. The third-order valence-corrected chi connectivity index (χ3v) is 5.83. The highest BCUT2D eigenvalue weighted by Crippen LogP contribution is 2.36. The van der Waals surface area contributed by atoms with Crippen molar-refractivity contribution in [2.75, 3.05) is 11.5 Å². The molecule has 0 saturated carbocycles. The SMILES string of the molecule is Cc1ccc(-n2c(C3CCSC3)nc3cccnc32)s1.